The SMILES string of the molecule is O=[N+]([O-])c1ccc(OCCOc2cccc(Br)c2)c(F)c1. The van der Waals surface area contributed by atoms with Crippen molar-refractivity contribution >= 4 is 21.6 Å². The van der Waals surface area contributed by atoms with Crippen LogP contribution in [0.3, 0.4) is 0 Å². The summed E-state index contributed by atoms with van der Waals surface area (Å²) in [4.78, 5) is 9.82. The minimum atomic E-state index is -0.772. The van der Waals surface area contributed by atoms with Gasteiger partial charge >= 0.3 is 0 Å². The van der Waals surface area contributed by atoms with Crippen LogP contribution >= 0.6 is 15.9 Å². The van der Waals surface area contributed by atoms with Crippen molar-refractivity contribution in [1.82, 2.24) is 0 Å². The maximum Gasteiger partial charge on any atom is 0.272 e. The Morgan fingerprint density at radius 1 is 1.14 bits per heavy atom. The van der Waals surface area contributed by atoms with Gasteiger partial charge in [0.2, 0.25) is 0 Å². The van der Waals surface area contributed by atoms with E-state index in [9.17, 15) is 14.5 Å². The molecule has 0 aliphatic heterocycles. The molecule has 0 atom stereocenters. The largest absolute Gasteiger partial charge is 0.490 e. The van der Waals surface area contributed by atoms with Crippen LogP contribution in [0.25, 0.3) is 0 Å². The topological polar surface area (TPSA) is 61.6 Å². The Hall–Kier alpha value is -2.15. The van der Waals surface area contributed by atoms with E-state index >= 15 is 0 Å². The number of nitro groups is 1. The van der Waals surface area contributed by atoms with Crippen molar-refractivity contribution in [2.45, 2.75) is 0 Å². The van der Waals surface area contributed by atoms with E-state index < -0.39 is 10.7 Å². The number of hydrogen-bond donors (Lipinski definition) is 0. The Labute approximate surface area is 128 Å². The fourth-order valence-electron chi connectivity index (χ4n) is 1.59. The Morgan fingerprint density at radius 3 is 2.57 bits per heavy atom. The van der Waals surface area contributed by atoms with Crippen LogP contribution in [0.15, 0.2) is 46.9 Å². The number of halogens is 2. The van der Waals surface area contributed by atoms with E-state index in [1.807, 2.05) is 12.1 Å². The molecule has 21 heavy (non-hydrogen) atoms. The molecule has 0 saturated heterocycles. The van der Waals surface area contributed by atoms with Gasteiger partial charge < -0.3 is 9.47 Å². The summed E-state index contributed by atoms with van der Waals surface area (Å²) >= 11 is 3.32. The molecule has 0 aromatic heterocycles. The maximum absolute atomic E-state index is 13.5. The van der Waals surface area contributed by atoms with Crippen molar-refractivity contribution in [3.05, 3.63) is 62.9 Å². The fraction of sp³-hybridized carbons (Fsp3) is 0.143. The Balaban J connectivity index is 1.85. The van der Waals surface area contributed by atoms with Gasteiger partial charge in [-0.15, -0.1) is 0 Å². The molecular formula is C14H11BrFNO4. The minimum Gasteiger partial charge on any atom is -0.490 e. The summed E-state index contributed by atoms with van der Waals surface area (Å²) in [7, 11) is 0. The zero-order valence-corrected chi connectivity index (χ0v) is 12.4. The van der Waals surface area contributed by atoms with Crippen LogP contribution in [0.4, 0.5) is 10.1 Å². The van der Waals surface area contributed by atoms with Crippen molar-refractivity contribution in [2.24, 2.45) is 0 Å². The normalized spacial score (nSPS) is 10.2. The summed E-state index contributed by atoms with van der Waals surface area (Å²) in [5.74, 6) is -0.151. The standard InChI is InChI=1S/C14H11BrFNO4/c15-10-2-1-3-12(8-10)20-6-7-21-14-5-4-11(17(18)19)9-13(14)16/h1-5,8-9H,6-7H2. The predicted molar refractivity (Wildman–Crippen MR) is 78.2 cm³/mol. The summed E-state index contributed by atoms with van der Waals surface area (Å²) in [5, 5.41) is 10.5. The number of nitro benzene ring substituents is 1. The summed E-state index contributed by atoms with van der Waals surface area (Å²) in [6.45, 7) is 0.355. The number of benzene rings is 2. The van der Waals surface area contributed by atoms with Crippen LogP contribution in [0, 0.1) is 15.9 Å². The summed E-state index contributed by atoms with van der Waals surface area (Å²) in [6, 6.07) is 10.5. The van der Waals surface area contributed by atoms with Gasteiger partial charge in [0.1, 0.15) is 19.0 Å². The molecule has 7 heteroatoms. The van der Waals surface area contributed by atoms with Crippen molar-refractivity contribution in [3.63, 3.8) is 0 Å². The van der Waals surface area contributed by atoms with Crippen LogP contribution in [0.5, 0.6) is 11.5 Å². The van der Waals surface area contributed by atoms with E-state index in [-0.39, 0.29) is 24.7 Å². The highest BCUT2D eigenvalue weighted by molar-refractivity contribution is 9.10. The average Bonchev–Trinajstić information content (AvgIpc) is 2.45. The van der Waals surface area contributed by atoms with Gasteiger partial charge in [-0.25, -0.2) is 4.39 Å². The summed E-state index contributed by atoms with van der Waals surface area (Å²) in [5.41, 5.74) is -0.315. The molecule has 0 spiro atoms. The first-order chi connectivity index (χ1) is 10.1. The number of ether oxygens (including phenoxy) is 2. The minimum absolute atomic E-state index is 0.0431. The molecule has 0 fully saturated rings. The monoisotopic (exact) mass is 355 g/mol. The molecule has 0 amide bonds. The third-order valence-corrected chi connectivity index (χ3v) is 3.03. The lowest BCUT2D eigenvalue weighted by molar-refractivity contribution is -0.385. The first kappa shape index (κ1) is 15.2. The van der Waals surface area contributed by atoms with Gasteiger partial charge in [-0.2, -0.15) is 0 Å². The quantitative estimate of drug-likeness (QED) is 0.447. The lowest BCUT2D eigenvalue weighted by atomic mass is 10.3. The molecule has 0 unspecified atom stereocenters. The van der Waals surface area contributed by atoms with E-state index in [0.29, 0.717) is 5.75 Å². The lowest BCUT2D eigenvalue weighted by Gasteiger charge is -2.09. The number of hydrogen-bond acceptors (Lipinski definition) is 4. The van der Waals surface area contributed by atoms with Crippen molar-refractivity contribution in [3.8, 4) is 11.5 Å². The number of nitrogens with zero attached hydrogens (tertiary/aromatic N) is 1. The Bertz CT molecular complexity index is 651. The second-order valence-corrected chi connectivity index (χ2v) is 4.94. The first-order valence-corrected chi connectivity index (χ1v) is 6.80. The van der Waals surface area contributed by atoms with Gasteiger partial charge in [0.05, 0.1) is 11.0 Å². The molecular weight excluding hydrogens is 345 g/mol. The van der Waals surface area contributed by atoms with Gasteiger partial charge in [-0.1, -0.05) is 22.0 Å². The molecule has 0 aliphatic rings. The predicted octanol–water partition coefficient (Wildman–Crippen LogP) is 3.95. The third-order valence-electron chi connectivity index (χ3n) is 2.53. The van der Waals surface area contributed by atoms with Gasteiger partial charge in [-0.05, 0) is 24.3 Å². The molecule has 0 bridgehead atoms. The molecule has 0 radical (unpaired) electrons. The average molecular weight is 356 g/mol. The second-order valence-electron chi connectivity index (χ2n) is 4.03. The van der Waals surface area contributed by atoms with Gasteiger partial charge in [0, 0.05) is 10.5 Å². The number of rotatable bonds is 6. The van der Waals surface area contributed by atoms with Gasteiger partial charge in [-0.3, -0.25) is 10.1 Å². The van der Waals surface area contributed by atoms with Crippen molar-refractivity contribution in [1.29, 1.82) is 0 Å². The fourth-order valence-corrected chi connectivity index (χ4v) is 1.97. The maximum atomic E-state index is 13.5. The summed E-state index contributed by atoms with van der Waals surface area (Å²) in [6.07, 6.45) is 0. The lowest BCUT2D eigenvalue weighted by Crippen LogP contribution is -2.09. The van der Waals surface area contributed by atoms with Gasteiger partial charge in [0.15, 0.2) is 11.6 Å². The van der Waals surface area contributed by atoms with Crippen LogP contribution in [0.1, 0.15) is 0 Å². The zero-order chi connectivity index (χ0) is 15.2. The highest BCUT2D eigenvalue weighted by Crippen LogP contribution is 2.22. The Morgan fingerprint density at radius 2 is 1.90 bits per heavy atom. The molecule has 0 saturated carbocycles. The van der Waals surface area contributed by atoms with Crippen molar-refractivity contribution in [2.75, 3.05) is 13.2 Å². The smallest absolute Gasteiger partial charge is 0.272 e. The van der Waals surface area contributed by atoms with E-state index in [1.165, 1.54) is 12.1 Å². The van der Waals surface area contributed by atoms with Crippen LogP contribution in [0.2, 0.25) is 0 Å². The van der Waals surface area contributed by atoms with Crippen LogP contribution in [-0.4, -0.2) is 18.1 Å². The molecule has 2 aromatic rings. The molecule has 0 heterocycles. The molecule has 2 aromatic carbocycles. The van der Waals surface area contributed by atoms with E-state index in [2.05, 4.69) is 15.9 Å². The second kappa shape index (κ2) is 7.03. The van der Waals surface area contributed by atoms with Gasteiger partial charge in [0.25, 0.3) is 5.69 Å². The Kier molecular flexibility index (Phi) is 5.10. The highest BCUT2D eigenvalue weighted by Gasteiger charge is 2.11. The summed E-state index contributed by atoms with van der Waals surface area (Å²) < 4.78 is 25.0. The molecule has 0 aliphatic carbocycles. The molecule has 2 rings (SSSR count). The van der Waals surface area contributed by atoms with Crippen LogP contribution < -0.4 is 9.47 Å². The van der Waals surface area contributed by atoms with E-state index in [1.54, 1.807) is 12.1 Å². The third kappa shape index (κ3) is 4.42. The number of non-ortho nitro benzene ring substituents is 1. The van der Waals surface area contributed by atoms with E-state index in [0.717, 1.165) is 10.5 Å². The highest BCUT2D eigenvalue weighted by atomic mass is 79.9. The van der Waals surface area contributed by atoms with Crippen molar-refractivity contribution < 1.29 is 18.8 Å². The first-order valence-electron chi connectivity index (χ1n) is 6.01. The molecule has 0 N–H and O–H groups in total. The molecule has 110 valence electrons. The molecule has 5 nitrogen and oxygen atoms in total. The zero-order valence-electron chi connectivity index (χ0n) is 10.8. The van der Waals surface area contributed by atoms with E-state index in [4.69, 9.17) is 9.47 Å². The van der Waals surface area contributed by atoms with Crippen LogP contribution in [-0.2, 0) is 0 Å².